The fraction of sp³-hybridized carbons (Fsp3) is 0.480. The summed E-state index contributed by atoms with van der Waals surface area (Å²) < 4.78 is 39.7. The van der Waals surface area contributed by atoms with Crippen molar-refractivity contribution in [2.24, 2.45) is 0 Å². The molecule has 2 aliphatic rings. The Balaban J connectivity index is 1.44. The number of alkyl halides is 3. The summed E-state index contributed by atoms with van der Waals surface area (Å²) in [6.07, 6.45) is -3.27. The molecule has 178 valence electrons. The number of piperidine rings is 1. The second-order valence-corrected chi connectivity index (χ2v) is 9.64. The van der Waals surface area contributed by atoms with Crippen LogP contribution in [0.2, 0.25) is 5.02 Å². The zero-order chi connectivity index (χ0) is 23.7. The van der Waals surface area contributed by atoms with Gasteiger partial charge < -0.3 is 10.4 Å². The quantitative estimate of drug-likeness (QED) is 0.614. The minimum absolute atomic E-state index is 0.0632. The number of nitrogens with zero attached hydrogens (tertiary/aromatic N) is 1. The summed E-state index contributed by atoms with van der Waals surface area (Å²) in [6.45, 7) is 0.560. The van der Waals surface area contributed by atoms with Crippen LogP contribution < -0.4 is 5.32 Å². The lowest BCUT2D eigenvalue weighted by Gasteiger charge is -2.42. The molecule has 2 aromatic carbocycles. The normalized spacial score (nSPS) is 20.8. The summed E-state index contributed by atoms with van der Waals surface area (Å²) in [4.78, 5) is 15.1. The summed E-state index contributed by atoms with van der Waals surface area (Å²) in [5.41, 5.74) is -1.22. The van der Waals surface area contributed by atoms with Gasteiger partial charge in [0.15, 0.2) is 5.60 Å². The molecule has 1 saturated carbocycles. The lowest BCUT2D eigenvalue weighted by Crippen LogP contribution is -2.57. The number of carbonyl (C=O) groups is 1. The number of halogens is 4. The molecule has 33 heavy (non-hydrogen) atoms. The zero-order valence-corrected chi connectivity index (χ0v) is 19.0. The van der Waals surface area contributed by atoms with E-state index in [-0.39, 0.29) is 37.9 Å². The third-order valence-corrected chi connectivity index (χ3v) is 7.32. The summed E-state index contributed by atoms with van der Waals surface area (Å²) in [5, 5.41) is 13.7. The van der Waals surface area contributed by atoms with Gasteiger partial charge in [0.1, 0.15) is 0 Å². The number of carbonyl (C=O) groups excluding carboxylic acids is 1. The standard InChI is InChI=1S/C25H28ClF3N2O2/c26-20-8-6-19(7-9-20)23(10-11-23)22(32)30-17-21(16-18-4-2-1-3-5-18)31-14-12-24(33,13-15-31)25(27,28)29/h1-9,21,33H,10-17H2,(H,30,32). The molecule has 8 heteroatoms. The summed E-state index contributed by atoms with van der Waals surface area (Å²) in [5.74, 6) is -0.0632. The zero-order valence-electron chi connectivity index (χ0n) is 18.2. The maximum absolute atomic E-state index is 13.2. The number of amides is 1. The maximum Gasteiger partial charge on any atom is 0.417 e. The molecule has 2 fully saturated rings. The van der Waals surface area contributed by atoms with Gasteiger partial charge in [-0.2, -0.15) is 13.2 Å². The Bertz CT molecular complexity index is 954. The molecule has 2 aromatic rings. The van der Waals surface area contributed by atoms with E-state index in [0.717, 1.165) is 24.0 Å². The van der Waals surface area contributed by atoms with E-state index < -0.39 is 17.2 Å². The molecule has 0 bridgehead atoms. The van der Waals surface area contributed by atoms with Crippen LogP contribution >= 0.6 is 11.6 Å². The van der Waals surface area contributed by atoms with E-state index >= 15 is 0 Å². The molecule has 1 aliphatic heterocycles. The van der Waals surface area contributed by atoms with E-state index in [1.54, 1.807) is 12.1 Å². The first-order chi connectivity index (χ1) is 15.6. The van der Waals surface area contributed by atoms with Gasteiger partial charge in [-0.1, -0.05) is 54.1 Å². The molecule has 4 rings (SSSR count). The van der Waals surface area contributed by atoms with Crippen LogP contribution in [0.4, 0.5) is 13.2 Å². The van der Waals surface area contributed by atoms with Crippen LogP contribution in [-0.4, -0.2) is 53.4 Å². The number of likely N-dealkylation sites (tertiary alicyclic amines) is 1. The highest BCUT2D eigenvalue weighted by Gasteiger charge is 2.55. The molecule has 1 amide bonds. The number of rotatable bonds is 7. The first-order valence-electron chi connectivity index (χ1n) is 11.2. The lowest BCUT2D eigenvalue weighted by atomic mass is 9.89. The SMILES string of the molecule is O=C(NCC(Cc1ccccc1)N1CCC(O)(C(F)(F)F)CC1)C1(c2ccc(Cl)cc2)CC1. The van der Waals surface area contributed by atoms with Crippen molar-refractivity contribution in [3.8, 4) is 0 Å². The average molecular weight is 481 g/mol. The second kappa shape index (κ2) is 9.28. The highest BCUT2D eigenvalue weighted by Crippen LogP contribution is 2.48. The molecule has 1 unspecified atom stereocenters. The van der Waals surface area contributed by atoms with E-state index in [9.17, 15) is 23.1 Å². The van der Waals surface area contributed by atoms with Crippen LogP contribution in [0.15, 0.2) is 54.6 Å². The van der Waals surface area contributed by atoms with E-state index in [1.807, 2.05) is 47.4 Å². The topological polar surface area (TPSA) is 52.6 Å². The Morgan fingerprint density at radius 3 is 2.18 bits per heavy atom. The van der Waals surface area contributed by atoms with Crippen LogP contribution in [0.1, 0.15) is 36.8 Å². The highest BCUT2D eigenvalue weighted by molar-refractivity contribution is 6.30. The van der Waals surface area contributed by atoms with E-state index in [4.69, 9.17) is 11.6 Å². The van der Waals surface area contributed by atoms with Crippen LogP contribution in [0.5, 0.6) is 0 Å². The molecule has 1 heterocycles. The van der Waals surface area contributed by atoms with Gasteiger partial charge in [0.05, 0.1) is 5.41 Å². The first-order valence-corrected chi connectivity index (χ1v) is 11.6. The Labute approximate surface area is 196 Å². The van der Waals surface area contributed by atoms with Crippen molar-refractivity contribution in [3.63, 3.8) is 0 Å². The number of hydrogen-bond donors (Lipinski definition) is 2. The van der Waals surface area contributed by atoms with Crippen molar-refractivity contribution in [2.45, 2.75) is 55.3 Å². The average Bonchev–Trinajstić information content (AvgIpc) is 3.60. The van der Waals surface area contributed by atoms with E-state index in [1.165, 1.54) is 0 Å². The maximum atomic E-state index is 13.2. The van der Waals surface area contributed by atoms with Gasteiger partial charge in [-0.05, 0) is 55.4 Å². The van der Waals surface area contributed by atoms with Gasteiger partial charge >= 0.3 is 6.18 Å². The minimum Gasteiger partial charge on any atom is -0.380 e. The minimum atomic E-state index is -4.64. The predicted octanol–water partition coefficient (Wildman–Crippen LogP) is 4.49. The molecule has 0 aromatic heterocycles. The lowest BCUT2D eigenvalue weighted by molar-refractivity contribution is -0.273. The number of hydrogen-bond acceptors (Lipinski definition) is 3. The van der Waals surface area contributed by atoms with Crippen molar-refractivity contribution in [2.75, 3.05) is 19.6 Å². The largest absolute Gasteiger partial charge is 0.417 e. The molecular weight excluding hydrogens is 453 g/mol. The Kier molecular flexibility index (Phi) is 6.76. The van der Waals surface area contributed by atoms with Crippen molar-refractivity contribution < 1.29 is 23.1 Å². The number of nitrogens with one attached hydrogen (secondary N) is 1. The second-order valence-electron chi connectivity index (χ2n) is 9.21. The Hall–Kier alpha value is -2.09. The molecule has 1 atom stereocenters. The van der Waals surface area contributed by atoms with Crippen molar-refractivity contribution in [3.05, 3.63) is 70.7 Å². The molecule has 4 nitrogen and oxygen atoms in total. The molecule has 0 radical (unpaired) electrons. The van der Waals surface area contributed by atoms with Crippen molar-refractivity contribution >= 4 is 17.5 Å². The highest BCUT2D eigenvalue weighted by atomic mass is 35.5. The smallest absolute Gasteiger partial charge is 0.380 e. The Morgan fingerprint density at radius 1 is 1.03 bits per heavy atom. The molecule has 2 N–H and O–H groups in total. The van der Waals surface area contributed by atoms with Crippen molar-refractivity contribution in [1.29, 1.82) is 0 Å². The third kappa shape index (κ3) is 5.20. The molecule has 1 aliphatic carbocycles. The van der Waals surface area contributed by atoms with Gasteiger partial charge in [-0.15, -0.1) is 0 Å². The van der Waals surface area contributed by atoms with Crippen molar-refractivity contribution in [1.82, 2.24) is 10.2 Å². The van der Waals surface area contributed by atoms with E-state index in [0.29, 0.717) is 18.0 Å². The first kappa shape index (κ1) is 24.0. The number of benzene rings is 2. The number of aliphatic hydroxyl groups is 1. The molecule has 1 saturated heterocycles. The van der Waals surface area contributed by atoms with E-state index in [2.05, 4.69) is 5.32 Å². The monoisotopic (exact) mass is 480 g/mol. The third-order valence-electron chi connectivity index (χ3n) is 7.06. The fourth-order valence-corrected chi connectivity index (χ4v) is 4.81. The summed E-state index contributed by atoms with van der Waals surface area (Å²) in [7, 11) is 0. The van der Waals surface area contributed by atoms with Gasteiger partial charge in [0.2, 0.25) is 5.91 Å². The van der Waals surface area contributed by atoms with Crippen LogP contribution in [0, 0.1) is 0 Å². The molecular formula is C25H28ClF3N2O2. The van der Waals surface area contributed by atoms with Gasteiger partial charge in [-0.25, -0.2) is 0 Å². The van der Waals surface area contributed by atoms with Crippen LogP contribution in [-0.2, 0) is 16.6 Å². The summed E-state index contributed by atoms with van der Waals surface area (Å²) in [6, 6.07) is 16.8. The predicted molar refractivity (Wildman–Crippen MR) is 121 cm³/mol. The van der Waals surface area contributed by atoms with Gasteiger partial charge in [0, 0.05) is 30.7 Å². The Morgan fingerprint density at radius 2 is 1.64 bits per heavy atom. The van der Waals surface area contributed by atoms with Crippen LogP contribution in [0.3, 0.4) is 0 Å². The molecule has 0 spiro atoms. The summed E-state index contributed by atoms with van der Waals surface area (Å²) >= 11 is 5.98. The van der Waals surface area contributed by atoms with Crippen LogP contribution in [0.25, 0.3) is 0 Å². The van der Waals surface area contributed by atoms with Gasteiger partial charge in [-0.3, -0.25) is 9.69 Å². The fourth-order valence-electron chi connectivity index (χ4n) is 4.68. The van der Waals surface area contributed by atoms with Gasteiger partial charge in [0.25, 0.3) is 0 Å².